The van der Waals surface area contributed by atoms with Crippen LogP contribution >= 0.6 is 0 Å². The Morgan fingerprint density at radius 1 is 0.702 bits per heavy atom. The third-order valence-corrected chi connectivity index (χ3v) is 7.94. The van der Waals surface area contributed by atoms with Gasteiger partial charge in [0, 0.05) is 29.9 Å². The number of benzene rings is 3. The Hall–Kier alpha value is -5.20. The normalized spacial score (nSPS) is 13.7. The molecule has 4 aromatic rings. The highest BCUT2D eigenvalue weighted by molar-refractivity contribution is 5.94. The lowest BCUT2D eigenvalue weighted by Crippen LogP contribution is -2.58. The van der Waals surface area contributed by atoms with Gasteiger partial charge in [-0.1, -0.05) is 60.7 Å². The van der Waals surface area contributed by atoms with E-state index in [2.05, 4.69) is 20.9 Å². The molecule has 4 unspecified atom stereocenters. The Morgan fingerprint density at radius 2 is 1.32 bits per heavy atom. The smallest absolute Gasteiger partial charge is 0.326 e. The number of carbonyl (C=O) groups is 4. The molecule has 12 heteroatoms. The van der Waals surface area contributed by atoms with Crippen molar-refractivity contribution in [1.29, 1.82) is 0 Å². The van der Waals surface area contributed by atoms with Gasteiger partial charge in [0.1, 0.15) is 23.9 Å². The predicted molar refractivity (Wildman–Crippen MR) is 178 cm³/mol. The molecule has 0 bridgehead atoms. The average Bonchev–Trinajstić information content (AvgIpc) is 3.47. The molecule has 47 heavy (non-hydrogen) atoms. The van der Waals surface area contributed by atoms with Gasteiger partial charge in [-0.2, -0.15) is 0 Å². The molecule has 4 atom stereocenters. The van der Waals surface area contributed by atoms with Crippen LogP contribution in [0.15, 0.2) is 85.1 Å². The van der Waals surface area contributed by atoms with Crippen LogP contribution in [-0.4, -0.2) is 69.6 Å². The Kier molecular flexibility index (Phi) is 12.5. The highest BCUT2D eigenvalue weighted by Gasteiger charge is 2.31. The van der Waals surface area contributed by atoms with Crippen molar-refractivity contribution >= 4 is 34.6 Å². The summed E-state index contributed by atoms with van der Waals surface area (Å²) in [5.74, 6) is -2.97. The van der Waals surface area contributed by atoms with Crippen LogP contribution in [0.25, 0.3) is 10.9 Å². The molecule has 3 aromatic carbocycles. The van der Waals surface area contributed by atoms with Gasteiger partial charge in [0.15, 0.2) is 0 Å². The molecule has 1 heterocycles. The molecule has 0 aliphatic heterocycles. The third-order valence-electron chi connectivity index (χ3n) is 7.94. The van der Waals surface area contributed by atoms with Crippen LogP contribution in [0.4, 0.5) is 0 Å². The van der Waals surface area contributed by atoms with E-state index in [9.17, 15) is 29.4 Å². The van der Waals surface area contributed by atoms with Gasteiger partial charge in [0.25, 0.3) is 0 Å². The summed E-state index contributed by atoms with van der Waals surface area (Å²) in [4.78, 5) is 55.9. The molecule has 10 N–H and O–H groups in total. The lowest BCUT2D eigenvalue weighted by atomic mass is 10.0. The van der Waals surface area contributed by atoms with E-state index in [0.717, 1.165) is 27.6 Å². The number of unbranched alkanes of at least 4 members (excludes halogenated alkanes) is 1. The lowest BCUT2D eigenvalue weighted by Gasteiger charge is -2.25. The van der Waals surface area contributed by atoms with Gasteiger partial charge in [-0.3, -0.25) is 14.4 Å². The Bertz CT molecular complexity index is 1640. The van der Waals surface area contributed by atoms with Crippen molar-refractivity contribution in [2.75, 3.05) is 6.54 Å². The number of hydrogen-bond acceptors (Lipinski definition) is 7. The SMILES string of the molecule is NCCCCC(NC(=O)C(N)Cc1ccc(O)cc1)C(=O)NC(Cc1ccccc1)C(=O)NC(Cc1c[nH]c2ccccc12)C(=O)O. The van der Waals surface area contributed by atoms with Gasteiger partial charge in [0.2, 0.25) is 17.7 Å². The van der Waals surface area contributed by atoms with E-state index in [1.807, 2.05) is 30.3 Å². The standard InChI is InChI=1S/C35H42N6O6/c36-17-7-6-12-29(39-32(43)27(37)18-23-13-15-25(42)16-14-23)33(44)40-30(19-22-8-2-1-3-9-22)34(45)41-31(35(46)47)20-24-21-38-28-11-5-4-10-26(24)28/h1-5,8-11,13-16,21,27,29-31,38,42H,6-7,12,17-20,36-37H2,(H,39,43)(H,40,44)(H,41,45)(H,46,47). The topological polar surface area (TPSA) is 213 Å². The number of H-pyrrole nitrogens is 1. The molecule has 0 radical (unpaired) electrons. The van der Waals surface area contributed by atoms with Crippen molar-refractivity contribution in [3.05, 3.63) is 102 Å². The number of hydrogen-bond donors (Lipinski definition) is 8. The molecule has 12 nitrogen and oxygen atoms in total. The van der Waals surface area contributed by atoms with Gasteiger partial charge < -0.3 is 42.6 Å². The summed E-state index contributed by atoms with van der Waals surface area (Å²) in [5.41, 5.74) is 14.9. The number of nitrogens with one attached hydrogen (secondary N) is 4. The Labute approximate surface area is 272 Å². The Morgan fingerprint density at radius 3 is 2.02 bits per heavy atom. The first-order valence-corrected chi connectivity index (χ1v) is 15.6. The predicted octanol–water partition coefficient (Wildman–Crippen LogP) is 1.90. The quantitative estimate of drug-likeness (QED) is 0.0795. The van der Waals surface area contributed by atoms with Crippen molar-refractivity contribution in [2.24, 2.45) is 11.5 Å². The number of amides is 3. The molecule has 1 aromatic heterocycles. The number of carbonyl (C=O) groups excluding carboxylic acids is 3. The zero-order valence-electron chi connectivity index (χ0n) is 26.0. The number of nitrogens with two attached hydrogens (primary N) is 2. The summed E-state index contributed by atoms with van der Waals surface area (Å²) in [7, 11) is 0. The molecular formula is C35H42N6O6. The molecule has 0 saturated heterocycles. The zero-order chi connectivity index (χ0) is 33.8. The highest BCUT2D eigenvalue weighted by Crippen LogP contribution is 2.19. The number of aromatic amines is 1. The summed E-state index contributed by atoms with van der Waals surface area (Å²) in [5, 5.41) is 28.5. The van der Waals surface area contributed by atoms with Gasteiger partial charge in [-0.25, -0.2) is 4.79 Å². The van der Waals surface area contributed by atoms with E-state index in [1.54, 1.807) is 42.6 Å². The van der Waals surface area contributed by atoms with Crippen LogP contribution in [0, 0.1) is 0 Å². The largest absolute Gasteiger partial charge is 0.508 e. The number of carboxylic acids is 1. The maximum Gasteiger partial charge on any atom is 0.326 e. The molecule has 0 aliphatic carbocycles. The van der Waals surface area contributed by atoms with Crippen LogP contribution in [0.2, 0.25) is 0 Å². The molecule has 0 aliphatic rings. The first kappa shape index (κ1) is 34.7. The van der Waals surface area contributed by atoms with E-state index in [0.29, 0.717) is 19.4 Å². The van der Waals surface area contributed by atoms with E-state index >= 15 is 0 Å². The first-order valence-electron chi connectivity index (χ1n) is 15.6. The van der Waals surface area contributed by atoms with Gasteiger partial charge in [-0.15, -0.1) is 0 Å². The number of aliphatic carboxylic acids is 1. The van der Waals surface area contributed by atoms with Crippen LogP contribution in [0.5, 0.6) is 5.75 Å². The number of aromatic nitrogens is 1. The van der Waals surface area contributed by atoms with Crippen LogP contribution in [0.1, 0.15) is 36.0 Å². The number of carboxylic acid groups (broad SMARTS) is 1. The Balaban J connectivity index is 1.50. The minimum absolute atomic E-state index is 0.0216. The summed E-state index contributed by atoms with van der Waals surface area (Å²) in [6.07, 6.45) is 3.39. The van der Waals surface area contributed by atoms with Crippen LogP contribution in [-0.2, 0) is 38.4 Å². The number of aromatic hydroxyl groups is 1. The molecule has 0 spiro atoms. The summed E-state index contributed by atoms with van der Waals surface area (Å²) >= 11 is 0. The molecule has 4 rings (SSSR count). The molecular weight excluding hydrogens is 600 g/mol. The summed E-state index contributed by atoms with van der Waals surface area (Å²) in [6.45, 7) is 0.398. The van der Waals surface area contributed by atoms with Crippen LogP contribution in [0.3, 0.4) is 0 Å². The van der Waals surface area contributed by atoms with Crippen molar-refractivity contribution in [3.63, 3.8) is 0 Å². The number of para-hydroxylation sites is 1. The lowest BCUT2D eigenvalue weighted by molar-refractivity contribution is -0.142. The van der Waals surface area contributed by atoms with Crippen molar-refractivity contribution in [2.45, 2.75) is 62.7 Å². The fourth-order valence-electron chi connectivity index (χ4n) is 5.34. The van der Waals surface area contributed by atoms with Gasteiger partial charge in [-0.05, 0) is 67.1 Å². The van der Waals surface area contributed by atoms with Crippen molar-refractivity contribution in [3.8, 4) is 5.75 Å². The third kappa shape index (κ3) is 10.1. The second-order valence-electron chi connectivity index (χ2n) is 11.5. The minimum Gasteiger partial charge on any atom is -0.508 e. The van der Waals surface area contributed by atoms with E-state index < -0.39 is 47.9 Å². The maximum absolute atomic E-state index is 13.7. The number of rotatable bonds is 17. The van der Waals surface area contributed by atoms with Crippen LogP contribution < -0.4 is 27.4 Å². The van der Waals surface area contributed by atoms with E-state index in [4.69, 9.17) is 11.5 Å². The summed E-state index contributed by atoms with van der Waals surface area (Å²) < 4.78 is 0. The zero-order valence-corrected chi connectivity index (χ0v) is 26.0. The highest BCUT2D eigenvalue weighted by atomic mass is 16.4. The minimum atomic E-state index is -1.27. The second-order valence-corrected chi connectivity index (χ2v) is 11.5. The first-order chi connectivity index (χ1) is 22.6. The van der Waals surface area contributed by atoms with Crippen molar-refractivity contribution in [1.82, 2.24) is 20.9 Å². The maximum atomic E-state index is 13.7. The number of phenols is 1. The molecule has 3 amide bonds. The van der Waals surface area contributed by atoms with Gasteiger partial charge >= 0.3 is 5.97 Å². The molecule has 0 saturated carbocycles. The van der Waals surface area contributed by atoms with E-state index in [1.165, 1.54) is 12.1 Å². The van der Waals surface area contributed by atoms with Crippen molar-refractivity contribution < 1.29 is 29.4 Å². The molecule has 0 fully saturated rings. The average molecular weight is 643 g/mol. The van der Waals surface area contributed by atoms with Gasteiger partial charge in [0.05, 0.1) is 6.04 Å². The number of phenolic OH excluding ortho intramolecular Hbond substituents is 1. The molecule has 248 valence electrons. The number of fused-ring (bicyclic) bond motifs is 1. The fraction of sp³-hybridized carbons (Fsp3) is 0.314. The fourth-order valence-corrected chi connectivity index (χ4v) is 5.34. The monoisotopic (exact) mass is 642 g/mol. The summed E-state index contributed by atoms with van der Waals surface area (Å²) in [6, 6.07) is 18.4. The second kappa shape index (κ2) is 16.9. The van der Waals surface area contributed by atoms with E-state index in [-0.39, 0.29) is 31.4 Å².